The average Bonchev–Trinajstić information content (AvgIpc) is 1.65. The molecule has 0 fully saturated rings. The standard InChI is InChI=1S/C4H4NO.Na/c1-4(2-5)3-6;/h6H,1H3;. The van der Waals surface area contributed by atoms with E-state index in [1.165, 1.54) is 0 Å². The maximum absolute atomic E-state index is 8.54. The fourth-order valence-electron chi connectivity index (χ4n) is 0.0809. The SMILES string of the molecule is CC(C#N)=[C](O)[Na]. The molecule has 0 aromatic carbocycles. The Labute approximate surface area is 59.9 Å². The Morgan fingerprint density at radius 1 is 1.86 bits per heavy atom. The molecule has 0 heterocycles. The zero-order valence-electron chi connectivity index (χ0n) is 4.39. The van der Waals surface area contributed by atoms with Gasteiger partial charge in [0.05, 0.1) is 0 Å². The van der Waals surface area contributed by atoms with Gasteiger partial charge in [-0.1, -0.05) is 0 Å². The first-order chi connectivity index (χ1) is 3.18. The van der Waals surface area contributed by atoms with Gasteiger partial charge < -0.3 is 0 Å². The van der Waals surface area contributed by atoms with Crippen molar-refractivity contribution >= 4 is 27.9 Å². The molecule has 0 amide bonds. The van der Waals surface area contributed by atoms with E-state index >= 15 is 0 Å². The molecule has 0 aliphatic carbocycles. The third-order valence-electron chi connectivity index (χ3n) is 0.710. The van der Waals surface area contributed by atoms with Crippen LogP contribution >= 0.6 is 0 Å². The first-order valence-corrected chi connectivity index (χ1v) is 2.95. The predicted octanol–water partition coefficient (Wildman–Crippen LogP) is 0.468. The molecule has 2 nitrogen and oxygen atoms in total. The van der Waals surface area contributed by atoms with E-state index in [0.29, 0.717) is 33.5 Å². The molecule has 0 aromatic heterocycles. The summed E-state index contributed by atoms with van der Waals surface area (Å²) in [6, 6.07) is 1.83. The summed E-state index contributed by atoms with van der Waals surface area (Å²) < 4.78 is 0.238. The molecule has 0 rings (SSSR count). The molecule has 0 aliphatic rings. The van der Waals surface area contributed by atoms with Crippen LogP contribution in [-0.4, -0.2) is 33.0 Å². The van der Waals surface area contributed by atoms with Crippen molar-refractivity contribution in [2.24, 2.45) is 0 Å². The molecule has 0 unspecified atom stereocenters. The molecule has 3 heteroatoms. The molecule has 1 N–H and O–H groups in total. The Bertz CT molecular complexity index is 129. The van der Waals surface area contributed by atoms with E-state index in [4.69, 9.17) is 10.4 Å². The monoisotopic (exact) mass is 105 g/mol. The topological polar surface area (TPSA) is 44.0 Å². The minimum atomic E-state index is 0.238. The number of nitrogens with zero attached hydrogens (tertiary/aromatic N) is 1. The minimum absolute atomic E-state index is 0.238. The van der Waals surface area contributed by atoms with Crippen LogP contribution in [0.5, 0.6) is 0 Å². The second kappa shape index (κ2) is 3.09. The summed E-state index contributed by atoms with van der Waals surface area (Å²) in [4.78, 5) is 0. The fourth-order valence-corrected chi connectivity index (χ4v) is 0.193. The van der Waals surface area contributed by atoms with Crippen LogP contribution in [0.3, 0.4) is 0 Å². The van der Waals surface area contributed by atoms with Crippen LogP contribution in [0.4, 0.5) is 0 Å². The van der Waals surface area contributed by atoms with E-state index in [-0.39, 0.29) is 3.01 Å². The molecular formula is C4H4NNaO. The van der Waals surface area contributed by atoms with E-state index in [2.05, 4.69) is 0 Å². The third kappa shape index (κ3) is 2.69. The van der Waals surface area contributed by atoms with Crippen molar-refractivity contribution in [2.75, 3.05) is 0 Å². The van der Waals surface area contributed by atoms with Gasteiger partial charge in [0.25, 0.3) is 0 Å². The van der Waals surface area contributed by atoms with E-state index in [0.717, 1.165) is 0 Å². The quantitative estimate of drug-likeness (QED) is 0.276. The van der Waals surface area contributed by atoms with Gasteiger partial charge in [0.1, 0.15) is 0 Å². The molecule has 0 saturated heterocycles. The first kappa shape index (κ1) is 7.03. The van der Waals surface area contributed by atoms with Crippen LogP contribution in [0, 0.1) is 11.3 Å². The van der Waals surface area contributed by atoms with Crippen LogP contribution in [0.25, 0.3) is 0 Å². The maximum atomic E-state index is 8.54. The van der Waals surface area contributed by atoms with Crippen LogP contribution in [0.15, 0.2) is 8.58 Å². The van der Waals surface area contributed by atoms with Gasteiger partial charge in [-0.25, -0.2) is 0 Å². The number of aliphatic hydroxyl groups is 1. The van der Waals surface area contributed by atoms with Gasteiger partial charge in [0.15, 0.2) is 0 Å². The molecule has 0 spiro atoms. The summed E-state index contributed by atoms with van der Waals surface area (Å²) >= 11 is 0.575. The van der Waals surface area contributed by atoms with Crippen LogP contribution < -0.4 is 0 Å². The Morgan fingerprint density at radius 2 is 2.29 bits per heavy atom. The van der Waals surface area contributed by atoms with Crippen LogP contribution in [0.1, 0.15) is 6.92 Å². The Morgan fingerprint density at radius 3 is 2.29 bits per heavy atom. The number of rotatable bonds is 0. The van der Waals surface area contributed by atoms with E-state index in [1.54, 1.807) is 6.92 Å². The normalized spacial score (nSPS) is 12.3. The van der Waals surface area contributed by atoms with Gasteiger partial charge in [-0.05, 0) is 0 Å². The van der Waals surface area contributed by atoms with Crippen molar-refractivity contribution in [3.8, 4) is 6.07 Å². The van der Waals surface area contributed by atoms with Crippen molar-refractivity contribution in [3.63, 3.8) is 0 Å². The van der Waals surface area contributed by atoms with Crippen molar-refractivity contribution in [1.29, 1.82) is 5.26 Å². The summed E-state index contributed by atoms with van der Waals surface area (Å²) in [5.74, 6) is 0. The van der Waals surface area contributed by atoms with Crippen LogP contribution in [0.2, 0.25) is 0 Å². The number of aliphatic hydroxyl groups excluding tert-OH is 1. The number of hydrogen-bond acceptors (Lipinski definition) is 2. The van der Waals surface area contributed by atoms with Gasteiger partial charge in [0, 0.05) is 0 Å². The number of allylic oxidation sites excluding steroid dienone is 1. The van der Waals surface area contributed by atoms with Gasteiger partial charge in [-0.3, -0.25) is 0 Å². The average molecular weight is 105 g/mol. The summed E-state index contributed by atoms with van der Waals surface area (Å²) in [5.41, 5.74) is 0.437. The summed E-state index contributed by atoms with van der Waals surface area (Å²) in [6.45, 7) is 1.60. The summed E-state index contributed by atoms with van der Waals surface area (Å²) in [5, 5.41) is 16.6. The van der Waals surface area contributed by atoms with Crippen LogP contribution in [-0.2, 0) is 0 Å². The van der Waals surface area contributed by atoms with Crippen molar-refractivity contribution < 1.29 is 5.11 Å². The van der Waals surface area contributed by atoms with E-state index in [9.17, 15) is 0 Å². The third-order valence-corrected chi connectivity index (χ3v) is 1.46. The van der Waals surface area contributed by atoms with Gasteiger partial charge in [-0.2, -0.15) is 0 Å². The Balaban J connectivity index is 4.07. The van der Waals surface area contributed by atoms with Crippen molar-refractivity contribution in [1.82, 2.24) is 0 Å². The van der Waals surface area contributed by atoms with Gasteiger partial charge >= 0.3 is 59.9 Å². The molecule has 7 heavy (non-hydrogen) atoms. The predicted molar refractivity (Wildman–Crippen MR) is 26.7 cm³/mol. The summed E-state index contributed by atoms with van der Waals surface area (Å²) in [6.07, 6.45) is 0. The van der Waals surface area contributed by atoms with Crippen molar-refractivity contribution in [3.05, 3.63) is 8.58 Å². The summed E-state index contributed by atoms with van der Waals surface area (Å²) in [7, 11) is 0. The molecule has 32 valence electrons. The molecule has 0 aromatic rings. The Kier molecular flexibility index (Phi) is 3.10. The fraction of sp³-hybridized carbons (Fsp3) is 0.250. The number of hydrogen-bond donors (Lipinski definition) is 1. The molecule has 0 saturated carbocycles. The van der Waals surface area contributed by atoms with Gasteiger partial charge in [0.2, 0.25) is 0 Å². The second-order valence-electron chi connectivity index (χ2n) is 1.32. The molecule has 0 aliphatic heterocycles. The first-order valence-electron chi connectivity index (χ1n) is 1.95. The zero-order valence-corrected chi connectivity index (χ0v) is 6.39. The molecular weight excluding hydrogens is 101 g/mol. The second-order valence-corrected chi connectivity index (χ2v) is 2.27. The van der Waals surface area contributed by atoms with Gasteiger partial charge in [-0.15, -0.1) is 0 Å². The number of nitriles is 1. The molecule has 0 radical (unpaired) electrons. The van der Waals surface area contributed by atoms with Crippen molar-refractivity contribution in [2.45, 2.75) is 6.92 Å². The molecule has 0 bridgehead atoms. The van der Waals surface area contributed by atoms with E-state index < -0.39 is 0 Å². The van der Waals surface area contributed by atoms with E-state index in [1.807, 2.05) is 6.07 Å². The zero-order chi connectivity index (χ0) is 5.86. The molecule has 0 atom stereocenters. The Hall–Kier alpha value is 0.0300.